The van der Waals surface area contributed by atoms with Crippen LogP contribution in [0.4, 0.5) is 0 Å². The number of hydrogen-bond acceptors (Lipinski definition) is 4. The summed E-state index contributed by atoms with van der Waals surface area (Å²) in [7, 11) is 0. The fourth-order valence-electron chi connectivity index (χ4n) is 2.18. The van der Waals surface area contributed by atoms with Crippen molar-refractivity contribution in [2.45, 2.75) is 6.54 Å². The van der Waals surface area contributed by atoms with Crippen LogP contribution in [0, 0.1) is 0 Å². The molecule has 2 heterocycles. The number of aliphatic imine (C=N–C) groups is 1. The predicted molar refractivity (Wildman–Crippen MR) is 86.2 cm³/mol. The third-order valence-corrected chi connectivity index (χ3v) is 4.30. The van der Waals surface area contributed by atoms with Crippen molar-refractivity contribution >= 4 is 17.7 Å². The summed E-state index contributed by atoms with van der Waals surface area (Å²) < 4.78 is 5.35. The van der Waals surface area contributed by atoms with Crippen LogP contribution in [-0.2, 0) is 6.54 Å². The van der Waals surface area contributed by atoms with Crippen molar-refractivity contribution in [3.05, 3.63) is 42.1 Å². The van der Waals surface area contributed by atoms with Gasteiger partial charge in [0, 0.05) is 36.2 Å². The molecule has 5 nitrogen and oxygen atoms in total. The zero-order valence-corrected chi connectivity index (χ0v) is 12.6. The summed E-state index contributed by atoms with van der Waals surface area (Å²) in [6, 6.07) is 11.8. The summed E-state index contributed by atoms with van der Waals surface area (Å²) in [5.74, 6) is 3.57. The first-order chi connectivity index (χ1) is 10.3. The van der Waals surface area contributed by atoms with E-state index in [4.69, 9.17) is 10.3 Å². The molecule has 0 aliphatic carbocycles. The van der Waals surface area contributed by atoms with Crippen molar-refractivity contribution in [1.82, 2.24) is 10.1 Å². The SMILES string of the molecule is NC(=NCc1cc(-c2ccccc2)on1)N1CCSCC1. The van der Waals surface area contributed by atoms with Crippen LogP contribution in [0.15, 0.2) is 45.9 Å². The van der Waals surface area contributed by atoms with E-state index < -0.39 is 0 Å². The minimum Gasteiger partial charge on any atom is -0.370 e. The minimum absolute atomic E-state index is 0.450. The molecule has 0 bridgehead atoms. The number of guanidine groups is 1. The molecule has 0 atom stereocenters. The number of rotatable bonds is 3. The van der Waals surface area contributed by atoms with Gasteiger partial charge in [-0.25, -0.2) is 4.99 Å². The van der Waals surface area contributed by atoms with Crippen molar-refractivity contribution in [2.24, 2.45) is 10.7 Å². The first-order valence-corrected chi connectivity index (χ1v) is 8.12. The molecule has 1 aliphatic rings. The van der Waals surface area contributed by atoms with Crippen LogP contribution in [0.25, 0.3) is 11.3 Å². The smallest absolute Gasteiger partial charge is 0.191 e. The van der Waals surface area contributed by atoms with Crippen molar-refractivity contribution in [3.63, 3.8) is 0 Å². The molecule has 21 heavy (non-hydrogen) atoms. The van der Waals surface area contributed by atoms with E-state index in [0.29, 0.717) is 12.5 Å². The van der Waals surface area contributed by atoms with Crippen LogP contribution in [0.3, 0.4) is 0 Å². The topological polar surface area (TPSA) is 67.6 Å². The average molecular weight is 302 g/mol. The lowest BCUT2D eigenvalue weighted by Crippen LogP contribution is -2.42. The molecule has 0 saturated carbocycles. The molecule has 110 valence electrons. The number of nitrogens with two attached hydrogens (primary N) is 1. The normalized spacial score (nSPS) is 16.2. The maximum absolute atomic E-state index is 6.02. The van der Waals surface area contributed by atoms with Gasteiger partial charge in [0.15, 0.2) is 11.7 Å². The minimum atomic E-state index is 0.450. The second kappa shape index (κ2) is 6.67. The van der Waals surface area contributed by atoms with Crippen molar-refractivity contribution in [2.75, 3.05) is 24.6 Å². The summed E-state index contributed by atoms with van der Waals surface area (Å²) in [6.07, 6.45) is 0. The monoisotopic (exact) mass is 302 g/mol. The first kappa shape index (κ1) is 14.0. The van der Waals surface area contributed by atoms with E-state index in [9.17, 15) is 0 Å². The second-order valence-corrected chi connectivity index (χ2v) is 6.05. The van der Waals surface area contributed by atoms with Gasteiger partial charge >= 0.3 is 0 Å². The van der Waals surface area contributed by atoms with Crippen LogP contribution >= 0.6 is 11.8 Å². The summed E-state index contributed by atoms with van der Waals surface area (Å²) in [6.45, 7) is 2.38. The largest absolute Gasteiger partial charge is 0.370 e. The lowest BCUT2D eigenvalue weighted by atomic mass is 10.2. The van der Waals surface area contributed by atoms with Gasteiger partial charge in [0.2, 0.25) is 0 Å². The van der Waals surface area contributed by atoms with E-state index in [1.165, 1.54) is 0 Å². The molecule has 1 fully saturated rings. The third kappa shape index (κ3) is 3.58. The number of hydrogen-bond donors (Lipinski definition) is 1. The van der Waals surface area contributed by atoms with E-state index in [1.54, 1.807) is 0 Å². The number of nitrogens with zero attached hydrogens (tertiary/aromatic N) is 3. The van der Waals surface area contributed by atoms with Crippen LogP contribution in [0.5, 0.6) is 0 Å². The van der Waals surface area contributed by atoms with Crippen molar-refractivity contribution in [1.29, 1.82) is 0 Å². The molecule has 3 rings (SSSR count). The van der Waals surface area contributed by atoms with Gasteiger partial charge in [0.1, 0.15) is 5.69 Å². The molecule has 1 aliphatic heterocycles. The fourth-order valence-corrected chi connectivity index (χ4v) is 3.08. The van der Waals surface area contributed by atoms with E-state index in [1.807, 2.05) is 48.2 Å². The van der Waals surface area contributed by atoms with Crippen molar-refractivity contribution in [3.8, 4) is 11.3 Å². The Bertz CT molecular complexity index is 605. The molecule has 0 amide bonds. The highest BCUT2D eigenvalue weighted by Gasteiger charge is 2.12. The number of aromatic nitrogens is 1. The Morgan fingerprint density at radius 3 is 2.81 bits per heavy atom. The van der Waals surface area contributed by atoms with Gasteiger partial charge in [-0.3, -0.25) is 0 Å². The third-order valence-electron chi connectivity index (χ3n) is 3.36. The van der Waals surface area contributed by atoms with Gasteiger partial charge in [-0.15, -0.1) is 0 Å². The van der Waals surface area contributed by atoms with Crippen LogP contribution in [0.2, 0.25) is 0 Å². The zero-order chi connectivity index (χ0) is 14.5. The van der Waals surface area contributed by atoms with Crippen molar-refractivity contribution < 1.29 is 4.52 Å². The van der Waals surface area contributed by atoms with Gasteiger partial charge < -0.3 is 15.2 Å². The summed E-state index contributed by atoms with van der Waals surface area (Å²) in [5, 5.41) is 4.05. The Morgan fingerprint density at radius 1 is 1.29 bits per heavy atom. The number of thioether (sulfide) groups is 1. The highest BCUT2D eigenvalue weighted by molar-refractivity contribution is 7.99. The predicted octanol–water partition coefficient (Wildman–Crippen LogP) is 2.21. The molecular formula is C15H18N4OS. The van der Waals surface area contributed by atoms with E-state index in [0.717, 1.165) is 41.6 Å². The summed E-state index contributed by atoms with van der Waals surface area (Å²) in [5.41, 5.74) is 7.83. The molecule has 0 radical (unpaired) electrons. The first-order valence-electron chi connectivity index (χ1n) is 6.96. The highest BCUT2D eigenvalue weighted by atomic mass is 32.2. The average Bonchev–Trinajstić information content (AvgIpc) is 3.03. The maximum atomic E-state index is 6.02. The van der Waals surface area contributed by atoms with Gasteiger partial charge in [0.05, 0.1) is 6.54 Å². The lowest BCUT2D eigenvalue weighted by molar-refractivity contribution is 0.423. The maximum Gasteiger partial charge on any atom is 0.191 e. The Morgan fingerprint density at radius 2 is 2.05 bits per heavy atom. The van der Waals surface area contributed by atoms with Crippen LogP contribution < -0.4 is 5.73 Å². The van der Waals surface area contributed by atoms with Gasteiger partial charge in [0.25, 0.3) is 0 Å². The standard InChI is InChI=1S/C15H18N4OS/c16-15(19-6-8-21-9-7-19)17-11-13-10-14(20-18-13)12-4-2-1-3-5-12/h1-5,10H,6-9,11H2,(H2,16,17). The Hall–Kier alpha value is -1.95. The van der Waals surface area contributed by atoms with Gasteiger partial charge in [-0.2, -0.15) is 11.8 Å². The van der Waals surface area contributed by atoms with E-state index >= 15 is 0 Å². The molecule has 1 aromatic heterocycles. The molecule has 6 heteroatoms. The fraction of sp³-hybridized carbons (Fsp3) is 0.333. The highest BCUT2D eigenvalue weighted by Crippen LogP contribution is 2.20. The van der Waals surface area contributed by atoms with Crippen LogP contribution in [-0.4, -0.2) is 40.6 Å². The van der Waals surface area contributed by atoms with Crippen LogP contribution in [0.1, 0.15) is 5.69 Å². The Balaban J connectivity index is 1.64. The molecule has 2 N–H and O–H groups in total. The molecule has 2 aromatic rings. The quantitative estimate of drug-likeness (QED) is 0.695. The molecular weight excluding hydrogens is 284 g/mol. The summed E-state index contributed by atoms with van der Waals surface area (Å²) >= 11 is 1.95. The molecule has 0 unspecified atom stereocenters. The number of benzene rings is 1. The Labute approximate surface area is 128 Å². The van der Waals surface area contributed by atoms with Gasteiger partial charge in [-0.1, -0.05) is 35.5 Å². The summed E-state index contributed by atoms with van der Waals surface area (Å²) in [4.78, 5) is 6.53. The molecule has 1 saturated heterocycles. The second-order valence-electron chi connectivity index (χ2n) is 4.82. The lowest BCUT2D eigenvalue weighted by Gasteiger charge is -2.27. The zero-order valence-electron chi connectivity index (χ0n) is 11.7. The molecule has 0 spiro atoms. The van der Waals surface area contributed by atoms with E-state index in [2.05, 4.69) is 15.0 Å². The molecule has 1 aromatic carbocycles. The van der Waals surface area contributed by atoms with E-state index in [-0.39, 0.29) is 0 Å². The Kier molecular flexibility index (Phi) is 4.45. The van der Waals surface area contributed by atoms with Gasteiger partial charge in [-0.05, 0) is 0 Å².